The average molecular weight is 290 g/mol. The molecule has 1 aliphatic rings. The third-order valence-electron chi connectivity index (χ3n) is 2.95. The number of halogens is 2. The molecule has 2 N–H and O–H groups in total. The fourth-order valence-electron chi connectivity index (χ4n) is 2.05. The highest BCUT2D eigenvalue weighted by atomic mass is 35.5. The molecule has 18 heavy (non-hydrogen) atoms. The van der Waals surface area contributed by atoms with E-state index in [1.807, 2.05) is 6.07 Å². The monoisotopic (exact) mass is 289 g/mol. The van der Waals surface area contributed by atoms with Gasteiger partial charge in [0.25, 0.3) is 0 Å². The Bertz CT molecular complexity index is 406. The first-order valence-corrected chi connectivity index (χ1v) is 6.88. The quantitative estimate of drug-likeness (QED) is 0.927. The zero-order valence-corrected chi connectivity index (χ0v) is 11.6. The molecule has 1 aliphatic heterocycles. The van der Waals surface area contributed by atoms with Gasteiger partial charge < -0.3 is 15.2 Å². The molecule has 1 aromatic rings. The van der Waals surface area contributed by atoms with Gasteiger partial charge in [-0.2, -0.15) is 0 Å². The molecule has 0 spiro atoms. The molecule has 1 aromatic carbocycles. The molecular weight excluding hydrogens is 273 g/mol. The average Bonchev–Trinajstić information content (AvgIpc) is 2.35. The van der Waals surface area contributed by atoms with Gasteiger partial charge in [0.05, 0.1) is 18.2 Å². The zero-order valence-electron chi connectivity index (χ0n) is 10.1. The standard InChI is InChI=1S/C13H17Cl2NO2/c14-10-7-9(1-4-16)13(12(15)8-10)18-11-2-5-17-6-3-11/h7-8,11H,1-6,16H2. The molecule has 100 valence electrons. The topological polar surface area (TPSA) is 44.5 Å². The molecule has 0 atom stereocenters. The molecule has 0 aliphatic carbocycles. The predicted molar refractivity (Wildman–Crippen MR) is 73.7 cm³/mol. The molecule has 3 nitrogen and oxygen atoms in total. The van der Waals surface area contributed by atoms with E-state index in [9.17, 15) is 0 Å². The fraction of sp³-hybridized carbons (Fsp3) is 0.538. The lowest BCUT2D eigenvalue weighted by Crippen LogP contribution is -2.26. The molecule has 5 heteroatoms. The van der Waals surface area contributed by atoms with E-state index >= 15 is 0 Å². The van der Waals surface area contributed by atoms with E-state index in [-0.39, 0.29) is 6.10 Å². The van der Waals surface area contributed by atoms with Gasteiger partial charge in [-0.3, -0.25) is 0 Å². The smallest absolute Gasteiger partial charge is 0.141 e. The highest BCUT2D eigenvalue weighted by Crippen LogP contribution is 2.34. The third-order valence-corrected chi connectivity index (χ3v) is 3.45. The molecule has 1 saturated heterocycles. The molecule has 0 aromatic heterocycles. The Balaban J connectivity index is 2.18. The number of hydrogen-bond donors (Lipinski definition) is 1. The lowest BCUT2D eigenvalue weighted by Gasteiger charge is -2.25. The van der Waals surface area contributed by atoms with Gasteiger partial charge in [-0.25, -0.2) is 0 Å². The summed E-state index contributed by atoms with van der Waals surface area (Å²) < 4.78 is 11.3. The van der Waals surface area contributed by atoms with Crippen molar-refractivity contribution in [3.05, 3.63) is 27.7 Å². The van der Waals surface area contributed by atoms with Gasteiger partial charge in [0.15, 0.2) is 0 Å². The number of hydrogen-bond acceptors (Lipinski definition) is 3. The van der Waals surface area contributed by atoms with Crippen molar-refractivity contribution in [1.82, 2.24) is 0 Å². The predicted octanol–water partition coefficient (Wildman–Crippen LogP) is 3.05. The minimum absolute atomic E-state index is 0.161. The number of nitrogens with two attached hydrogens (primary N) is 1. The maximum atomic E-state index is 6.21. The van der Waals surface area contributed by atoms with Crippen molar-refractivity contribution in [3.63, 3.8) is 0 Å². The maximum Gasteiger partial charge on any atom is 0.141 e. The van der Waals surface area contributed by atoms with E-state index in [1.165, 1.54) is 0 Å². The number of benzene rings is 1. The Labute approximate surface area is 117 Å². The Morgan fingerprint density at radius 3 is 2.67 bits per heavy atom. The van der Waals surface area contributed by atoms with Crippen LogP contribution in [0.25, 0.3) is 0 Å². The zero-order chi connectivity index (χ0) is 13.0. The molecule has 1 heterocycles. The van der Waals surface area contributed by atoms with Gasteiger partial charge in [-0.05, 0) is 30.7 Å². The van der Waals surface area contributed by atoms with E-state index in [1.54, 1.807) is 6.07 Å². The first-order valence-electron chi connectivity index (χ1n) is 6.13. The lowest BCUT2D eigenvalue weighted by molar-refractivity contribution is 0.0252. The molecule has 0 amide bonds. The minimum Gasteiger partial charge on any atom is -0.488 e. The van der Waals surface area contributed by atoms with Crippen molar-refractivity contribution >= 4 is 23.2 Å². The van der Waals surface area contributed by atoms with Crippen LogP contribution in [0.4, 0.5) is 0 Å². The van der Waals surface area contributed by atoms with Crippen LogP contribution in [0.5, 0.6) is 5.75 Å². The van der Waals surface area contributed by atoms with Crippen LogP contribution in [0.2, 0.25) is 10.0 Å². The summed E-state index contributed by atoms with van der Waals surface area (Å²) in [6.45, 7) is 2.02. The Morgan fingerprint density at radius 1 is 1.28 bits per heavy atom. The van der Waals surface area contributed by atoms with Crippen LogP contribution < -0.4 is 10.5 Å². The summed E-state index contributed by atoms with van der Waals surface area (Å²) in [4.78, 5) is 0. The SMILES string of the molecule is NCCc1cc(Cl)cc(Cl)c1OC1CCOCC1. The van der Waals surface area contributed by atoms with Crippen LogP contribution >= 0.6 is 23.2 Å². The Morgan fingerprint density at radius 2 is 2.00 bits per heavy atom. The van der Waals surface area contributed by atoms with E-state index in [0.717, 1.165) is 37.4 Å². The summed E-state index contributed by atoms with van der Waals surface area (Å²) >= 11 is 12.2. The fourth-order valence-corrected chi connectivity index (χ4v) is 2.63. The van der Waals surface area contributed by atoms with E-state index < -0.39 is 0 Å². The van der Waals surface area contributed by atoms with Crippen molar-refractivity contribution in [2.75, 3.05) is 19.8 Å². The van der Waals surface area contributed by atoms with Crippen LogP contribution in [0, 0.1) is 0 Å². The molecule has 0 saturated carbocycles. The van der Waals surface area contributed by atoms with Crippen LogP contribution in [-0.2, 0) is 11.2 Å². The molecule has 1 fully saturated rings. The van der Waals surface area contributed by atoms with Crippen molar-refractivity contribution in [2.45, 2.75) is 25.4 Å². The molecule has 0 radical (unpaired) electrons. The van der Waals surface area contributed by atoms with Crippen molar-refractivity contribution < 1.29 is 9.47 Å². The van der Waals surface area contributed by atoms with Crippen LogP contribution in [0.1, 0.15) is 18.4 Å². The van der Waals surface area contributed by atoms with Crippen LogP contribution in [-0.4, -0.2) is 25.9 Å². The summed E-state index contributed by atoms with van der Waals surface area (Å²) in [5.41, 5.74) is 6.57. The minimum atomic E-state index is 0.161. The first kappa shape index (κ1) is 13.9. The second kappa shape index (κ2) is 6.62. The van der Waals surface area contributed by atoms with E-state index in [2.05, 4.69) is 0 Å². The van der Waals surface area contributed by atoms with Gasteiger partial charge in [-0.15, -0.1) is 0 Å². The van der Waals surface area contributed by atoms with E-state index in [4.69, 9.17) is 38.4 Å². The van der Waals surface area contributed by atoms with Gasteiger partial charge in [0.1, 0.15) is 11.9 Å². The number of rotatable bonds is 4. The van der Waals surface area contributed by atoms with Crippen LogP contribution in [0.3, 0.4) is 0 Å². The third kappa shape index (κ3) is 3.51. The lowest BCUT2D eigenvalue weighted by atomic mass is 10.1. The second-order valence-electron chi connectivity index (χ2n) is 4.34. The Kier molecular flexibility index (Phi) is 5.13. The summed E-state index contributed by atoms with van der Waals surface area (Å²) in [5, 5.41) is 1.17. The van der Waals surface area contributed by atoms with Crippen molar-refractivity contribution in [3.8, 4) is 5.75 Å². The summed E-state index contributed by atoms with van der Waals surface area (Å²) in [6, 6.07) is 3.58. The van der Waals surface area contributed by atoms with Gasteiger partial charge in [0.2, 0.25) is 0 Å². The normalized spacial score (nSPS) is 16.8. The maximum absolute atomic E-state index is 6.21. The van der Waals surface area contributed by atoms with Crippen molar-refractivity contribution in [1.29, 1.82) is 0 Å². The first-order chi connectivity index (χ1) is 8.70. The van der Waals surface area contributed by atoms with E-state index in [0.29, 0.717) is 23.0 Å². The highest BCUT2D eigenvalue weighted by molar-refractivity contribution is 6.35. The van der Waals surface area contributed by atoms with Crippen LogP contribution in [0.15, 0.2) is 12.1 Å². The molecule has 0 bridgehead atoms. The summed E-state index contributed by atoms with van der Waals surface area (Å²) in [6.07, 6.45) is 2.65. The number of ether oxygens (including phenoxy) is 2. The van der Waals surface area contributed by atoms with Gasteiger partial charge in [0, 0.05) is 17.9 Å². The summed E-state index contributed by atoms with van der Waals surface area (Å²) in [7, 11) is 0. The highest BCUT2D eigenvalue weighted by Gasteiger charge is 2.19. The van der Waals surface area contributed by atoms with Gasteiger partial charge >= 0.3 is 0 Å². The largest absolute Gasteiger partial charge is 0.488 e. The van der Waals surface area contributed by atoms with Gasteiger partial charge in [-0.1, -0.05) is 23.2 Å². The summed E-state index contributed by atoms with van der Waals surface area (Å²) in [5.74, 6) is 0.721. The molecular formula is C13H17Cl2NO2. The molecule has 2 rings (SSSR count). The second-order valence-corrected chi connectivity index (χ2v) is 5.19. The Hall–Kier alpha value is -0.480. The molecule has 0 unspecified atom stereocenters. The van der Waals surface area contributed by atoms with Crippen molar-refractivity contribution in [2.24, 2.45) is 5.73 Å².